The number of nitrogens with one attached hydrogen (secondary N) is 1. The van der Waals surface area contributed by atoms with Crippen molar-refractivity contribution in [1.82, 2.24) is 5.32 Å². The molecule has 122 valence electrons. The zero-order valence-corrected chi connectivity index (χ0v) is 14.7. The van der Waals surface area contributed by atoms with Crippen LogP contribution in [0, 0.1) is 0 Å². The lowest BCUT2D eigenvalue weighted by Crippen LogP contribution is -2.40. The van der Waals surface area contributed by atoms with E-state index in [0.29, 0.717) is 18.0 Å². The fourth-order valence-electron chi connectivity index (χ4n) is 2.27. The molecular weight excluding hydrogens is 328 g/mol. The van der Waals surface area contributed by atoms with Crippen LogP contribution in [0.5, 0.6) is 0 Å². The highest BCUT2D eigenvalue weighted by atomic mass is 35.5. The van der Waals surface area contributed by atoms with Gasteiger partial charge in [0.05, 0.1) is 6.04 Å². The Hall–Kier alpha value is -1.49. The molecule has 2 aromatic carbocycles. The number of benzene rings is 2. The molecule has 5 heteroatoms. The van der Waals surface area contributed by atoms with Crippen LogP contribution in [-0.4, -0.2) is 24.0 Å². The number of hydrogen-bond acceptors (Lipinski definition) is 3. The maximum absolute atomic E-state index is 12.1. The molecule has 2 aromatic rings. The van der Waals surface area contributed by atoms with Crippen LogP contribution in [0.15, 0.2) is 48.5 Å². The van der Waals surface area contributed by atoms with Crippen LogP contribution >= 0.6 is 23.4 Å². The van der Waals surface area contributed by atoms with E-state index in [1.165, 1.54) is 0 Å². The minimum absolute atomic E-state index is 0.107. The number of thioether (sulfide) groups is 1. The van der Waals surface area contributed by atoms with Gasteiger partial charge in [-0.2, -0.15) is 11.8 Å². The monoisotopic (exact) mass is 348 g/mol. The molecule has 0 spiro atoms. The van der Waals surface area contributed by atoms with E-state index < -0.39 is 6.04 Å². The molecule has 2 rings (SSSR count). The Morgan fingerprint density at radius 3 is 2.61 bits per heavy atom. The van der Waals surface area contributed by atoms with E-state index in [2.05, 4.69) is 5.32 Å². The van der Waals surface area contributed by atoms with Crippen LogP contribution in [0.1, 0.15) is 12.0 Å². The molecule has 1 amide bonds. The SMILES string of the molecule is CSCC[C@H](N)C(=O)NCc1ccccc1-c1ccc(Cl)cc1. The standard InChI is InChI=1S/C18H21ClN2OS/c1-23-11-10-17(20)18(22)21-12-14-4-2-3-5-16(14)13-6-8-15(19)9-7-13/h2-9,17H,10-12,20H2,1H3,(H,21,22)/t17-/m0/s1. The van der Waals surface area contributed by atoms with Crippen molar-refractivity contribution in [2.45, 2.75) is 19.0 Å². The molecule has 0 aliphatic carbocycles. The first-order chi connectivity index (χ1) is 11.1. The topological polar surface area (TPSA) is 55.1 Å². The van der Waals surface area contributed by atoms with Gasteiger partial charge in [-0.25, -0.2) is 0 Å². The second-order valence-electron chi connectivity index (χ2n) is 5.27. The molecule has 1 atom stereocenters. The zero-order chi connectivity index (χ0) is 16.7. The van der Waals surface area contributed by atoms with Gasteiger partial charge in [-0.1, -0.05) is 48.0 Å². The first kappa shape index (κ1) is 17.9. The molecule has 0 saturated heterocycles. The predicted molar refractivity (Wildman–Crippen MR) is 99.7 cm³/mol. The van der Waals surface area contributed by atoms with Gasteiger partial charge in [0, 0.05) is 11.6 Å². The summed E-state index contributed by atoms with van der Waals surface area (Å²) < 4.78 is 0. The van der Waals surface area contributed by atoms with Gasteiger partial charge in [0.2, 0.25) is 5.91 Å². The third-order valence-electron chi connectivity index (χ3n) is 3.60. The number of hydrogen-bond donors (Lipinski definition) is 2. The third-order valence-corrected chi connectivity index (χ3v) is 4.49. The number of rotatable bonds is 7. The molecule has 0 aliphatic rings. The number of amides is 1. The van der Waals surface area contributed by atoms with Gasteiger partial charge in [-0.15, -0.1) is 0 Å². The number of carbonyl (C=O) groups excluding carboxylic acids is 1. The summed E-state index contributed by atoms with van der Waals surface area (Å²) in [6, 6.07) is 15.2. The molecule has 23 heavy (non-hydrogen) atoms. The Labute approximate surface area is 146 Å². The summed E-state index contributed by atoms with van der Waals surface area (Å²) >= 11 is 7.64. The molecule has 0 unspecified atom stereocenters. The molecule has 0 heterocycles. The summed E-state index contributed by atoms with van der Waals surface area (Å²) in [6.07, 6.45) is 2.69. The molecule has 0 saturated carbocycles. The van der Waals surface area contributed by atoms with E-state index in [0.717, 1.165) is 22.4 Å². The van der Waals surface area contributed by atoms with Crippen LogP contribution < -0.4 is 11.1 Å². The van der Waals surface area contributed by atoms with E-state index in [1.807, 2.05) is 54.8 Å². The normalized spacial score (nSPS) is 12.0. The Morgan fingerprint density at radius 1 is 1.22 bits per heavy atom. The van der Waals surface area contributed by atoms with Gasteiger partial charge in [-0.3, -0.25) is 4.79 Å². The van der Waals surface area contributed by atoms with Crippen LogP contribution in [0.25, 0.3) is 11.1 Å². The van der Waals surface area contributed by atoms with Crippen molar-refractivity contribution in [3.63, 3.8) is 0 Å². The fraction of sp³-hybridized carbons (Fsp3) is 0.278. The van der Waals surface area contributed by atoms with Crippen LogP contribution in [0.3, 0.4) is 0 Å². The van der Waals surface area contributed by atoms with Crippen molar-refractivity contribution < 1.29 is 4.79 Å². The van der Waals surface area contributed by atoms with Crippen LogP contribution in [0.4, 0.5) is 0 Å². The summed E-state index contributed by atoms with van der Waals surface area (Å²) in [5, 5.41) is 3.64. The van der Waals surface area contributed by atoms with Gasteiger partial charge >= 0.3 is 0 Å². The lowest BCUT2D eigenvalue weighted by molar-refractivity contribution is -0.122. The van der Waals surface area contributed by atoms with Crippen molar-refractivity contribution in [2.24, 2.45) is 5.73 Å². The molecule has 0 bridgehead atoms. The van der Waals surface area contributed by atoms with Crippen molar-refractivity contribution in [3.05, 3.63) is 59.1 Å². The summed E-state index contributed by atoms with van der Waals surface area (Å²) in [7, 11) is 0. The Bertz CT molecular complexity index is 646. The lowest BCUT2D eigenvalue weighted by atomic mass is 9.99. The van der Waals surface area contributed by atoms with Gasteiger partial charge < -0.3 is 11.1 Å². The van der Waals surface area contributed by atoms with E-state index >= 15 is 0 Å². The summed E-state index contributed by atoms with van der Waals surface area (Å²) in [4.78, 5) is 12.1. The Morgan fingerprint density at radius 2 is 1.91 bits per heavy atom. The fourth-order valence-corrected chi connectivity index (χ4v) is 2.89. The highest BCUT2D eigenvalue weighted by Gasteiger charge is 2.13. The maximum atomic E-state index is 12.1. The number of halogens is 1. The van der Waals surface area contributed by atoms with Gasteiger partial charge in [0.25, 0.3) is 0 Å². The predicted octanol–water partition coefficient (Wildman–Crippen LogP) is 3.70. The van der Waals surface area contributed by atoms with Crippen molar-refractivity contribution in [1.29, 1.82) is 0 Å². The summed E-state index contributed by atoms with van der Waals surface area (Å²) in [5.41, 5.74) is 9.11. The average Bonchev–Trinajstić information content (AvgIpc) is 2.58. The summed E-state index contributed by atoms with van der Waals surface area (Å²) in [5.74, 6) is 0.778. The van der Waals surface area contributed by atoms with E-state index in [4.69, 9.17) is 17.3 Å². The molecule has 0 radical (unpaired) electrons. The third kappa shape index (κ3) is 5.27. The van der Waals surface area contributed by atoms with Gasteiger partial charge in [0.15, 0.2) is 0 Å². The number of nitrogens with two attached hydrogens (primary N) is 1. The molecule has 0 aromatic heterocycles. The molecule has 3 N–H and O–H groups in total. The smallest absolute Gasteiger partial charge is 0.237 e. The minimum Gasteiger partial charge on any atom is -0.351 e. The van der Waals surface area contributed by atoms with Crippen molar-refractivity contribution in [3.8, 4) is 11.1 Å². The number of carbonyl (C=O) groups is 1. The van der Waals surface area contributed by atoms with Crippen molar-refractivity contribution >= 4 is 29.3 Å². The molecular formula is C18H21ClN2OS. The molecule has 0 fully saturated rings. The van der Waals surface area contributed by atoms with Crippen molar-refractivity contribution in [2.75, 3.05) is 12.0 Å². The van der Waals surface area contributed by atoms with E-state index in [1.54, 1.807) is 11.8 Å². The quantitative estimate of drug-likeness (QED) is 0.802. The zero-order valence-electron chi connectivity index (χ0n) is 13.1. The maximum Gasteiger partial charge on any atom is 0.237 e. The Balaban J connectivity index is 2.06. The minimum atomic E-state index is -0.454. The highest BCUT2D eigenvalue weighted by Crippen LogP contribution is 2.25. The molecule has 0 aliphatic heterocycles. The first-order valence-corrected chi connectivity index (χ1v) is 9.25. The second kappa shape index (κ2) is 8.96. The van der Waals surface area contributed by atoms with Crippen LogP contribution in [-0.2, 0) is 11.3 Å². The highest BCUT2D eigenvalue weighted by molar-refractivity contribution is 7.98. The van der Waals surface area contributed by atoms with Gasteiger partial charge in [0.1, 0.15) is 0 Å². The largest absolute Gasteiger partial charge is 0.351 e. The lowest BCUT2D eigenvalue weighted by Gasteiger charge is -2.14. The Kier molecular flexibility index (Phi) is 6.96. The van der Waals surface area contributed by atoms with Crippen LogP contribution in [0.2, 0.25) is 5.02 Å². The molecule has 3 nitrogen and oxygen atoms in total. The average molecular weight is 349 g/mol. The van der Waals surface area contributed by atoms with Gasteiger partial charge in [-0.05, 0) is 47.3 Å². The van der Waals surface area contributed by atoms with E-state index in [9.17, 15) is 4.79 Å². The summed E-state index contributed by atoms with van der Waals surface area (Å²) in [6.45, 7) is 0.463. The van der Waals surface area contributed by atoms with E-state index in [-0.39, 0.29) is 5.91 Å². The first-order valence-electron chi connectivity index (χ1n) is 7.48. The second-order valence-corrected chi connectivity index (χ2v) is 6.69.